The maximum Gasteiger partial charge on any atom is 0.411 e. The van der Waals surface area contributed by atoms with Gasteiger partial charge in [-0.25, -0.2) is 4.79 Å². The van der Waals surface area contributed by atoms with Crippen LogP contribution < -0.4 is 15.4 Å². The van der Waals surface area contributed by atoms with E-state index < -0.39 is 6.09 Å². The van der Waals surface area contributed by atoms with Crippen molar-refractivity contribution in [1.29, 1.82) is 0 Å². The molecule has 0 bridgehead atoms. The van der Waals surface area contributed by atoms with Crippen molar-refractivity contribution in [3.8, 4) is 0 Å². The zero-order chi connectivity index (χ0) is 17.4. The standard InChI is InChI=1S/C16H17N3O5/c1-23-9-10-24-16(21)18-14-4-2-3-13(11-14)17-15(20)12-5-7-19(22)8-6-12/h2-8,11H,9-10H2,1H3,(H,17,20)(H,18,21). The second-order valence-electron chi connectivity index (χ2n) is 4.74. The van der Waals surface area contributed by atoms with E-state index in [-0.39, 0.29) is 12.5 Å². The van der Waals surface area contributed by atoms with Crippen LogP contribution in [0.2, 0.25) is 0 Å². The van der Waals surface area contributed by atoms with Crippen LogP contribution in [0.5, 0.6) is 0 Å². The lowest BCUT2D eigenvalue weighted by atomic mass is 10.2. The molecule has 0 aliphatic heterocycles. The smallest absolute Gasteiger partial charge is 0.411 e. The number of nitrogens with one attached hydrogen (secondary N) is 2. The molecule has 8 nitrogen and oxygen atoms in total. The number of carbonyl (C=O) groups excluding carboxylic acids is 2. The Labute approximate surface area is 138 Å². The van der Waals surface area contributed by atoms with Crippen LogP contribution in [0.3, 0.4) is 0 Å². The molecule has 0 spiro atoms. The molecule has 0 saturated carbocycles. The van der Waals surface area contributed by atoms with Crippen LogP contribution in [0.25, 0.3) is 0 Å². The molecule has 1 aromatic carbocycles. The second-order valence-corrected chi connectivity index (χ2v) is 4.74. The first-order valence-corrected chi connectivity index (χ1v) is 7.11. The number of benzene rings is 1. The van der Waals surface area contributed by atoms with Gasteiger partial charge in [0.1, 0.15) is 6.61 Å². The summed E-state index contributed by atoms with van der Waals surface area (Å²) in [4.78, 5) is 23.7. The molecule has 2 amide bonds. The topological polar surface area (TPSA) is 104 Å². The molecule has 0 unspecified atom stereocenters. The number of nitrogens with zero attached hydrogens (tertiary/aromatic N) is 1. The minimum atomic E-state index is -0.612. The molecule has 8 heteroatoms. The zero-order valence-corrected chi connectivity index (χ0v) is 13.0. The molecule has 0 atom stereocenters. The van der Waals surface area contributed by atoms with Gasteiger partial charge in [0.05, 0.1) is 12.2 Å². The van der Waals surface area contributed by atoms with Gasteiger partial charge in [0.25, 0.3) is 5.91 Å². The Kier molecular flexibility index (Phi) is 6.09. The average molecular weight is 331 g/mol. The fourth-order valence-electron chi connectivity index (χ4n) is 1.81. The normalized spacial score (nSPS) is 10.0. The van der Waals surface area contributed by atoms with E-state index >= 15 is 0 Å². The predicted octanol–water partition coefficient (Wildman–Crippen LogP) is 1.77. The van der Waals surface area contributed by atoms with Gasteiger partial charge in [0.2, 0.25) is 0 Å². The second kappa shape index (κ2) is 8.49. The van der Waals surface area contributed by atoms with E-state index in [2.05, 4.69) is 10.6 Å². The Hall–Kier alpha value is -3.13. The number of ether oxygens (including phenoxy) is 2. The Morgan fingerprint density at radius 1 is 1.08 bits per heavy atom. The molecular formula is C16H17N3O5. The Balaban J connectivity index is 1.95. The minimum absolute atomic E-state index is 0.145. The predicted molar refractivity (Wildman–Crippen MR) is 86.6 cm³/mol. The number of anilines is 2. The van der Waals surface area contributed by atoms with Crippen molar-refractivity contribution in [2.24, 2.45) is 0 Å². The van der Waals surface area contributed by atoms with Crippen molar-refractivity contribution >= 4 is 23.4 Å². The number of hydrogen-bond donors (Lipinski definition) is 2. The van der Waals surface area contributed by atoms with Gasteiger partial charge in [-0.2, -0.15) is 4.73 Å². The number of amides is 2. The van der Waals surface area contributed by atoms with E-state index in [9.17, 15) is 14.8 Å². The van der Waals surface area contributed by atoms with Gasteiger partial charge in [-0.05, 0) is 18.2 Å². The first-order chi connectivity index (χ1) is 11.6. The maximum atomic E-state index is 12.1. The third-order valence-corrected chi connectivity index (χ3v) is 2.95. The minimum Gasteiger partial charge on any atom is -0.619 e. The third-order valence-electron chi connectivity index (χ3n) is 2.95. The SMILES string of the molecule is COCCOC(=O)Nc1cccc(NC(=O)c2cc[n+]([O-])cc2)c1. The van der Waals surface area contributed by atoms with Crippen molar-refractivity contribution in [3.05, 3.63) is 59.6 Å². The van der Waals surface area contributed by atoms with Crippen LogP contribution in [0, 0.1) is 5.21 Å². The van der Waals surface area contributed by atoms with E-state index in [0.29, 0.717) is 28.3 Å². The molecule has 2 aromatic rings. The molecule has 24 heavy (non-hydrogen) atoms. The van der Waals surface area contributed by atoms with Crippen molar-refractivity contribution in [2.75, 3.05) is 31.0 Å². The lowest BCUT2D eigenvalue weighted by Crippen LogP contribution is -2.25. The Bertz CT molecular complexity index is 703. The van der Waals surface area contributed by atoms with E-state index in [4.69, 9.17) is 9.47 Å². The summed E-state index contributed by atoms with van der Waals surface area (Å²) in [5.41, 5.74) is 1.31. The molecule has 0 aliphatic rings. The average Bonchev–Trinajstić information content (AvgIpc) is 2.56. The summed E-state index contributed by atoms with van der Waals surface area (Å²) in [6.45, 7) is 0.455. The first-order valence-electron chi connectivity index (χ1n) is 7.11. The van der Waals surface area contributed by atoms with Gasteiger partial charge in [-0.3, -0.25) is 10.1 Å². The van der Waals surface area contributed by atoms with Gasteiger partial charge in [-0.15, -0.1) is 0 Å². The number of pyridine rings is 1. The monoisotopic (exact) mass is 331 g/mol. The zero-order valence-electron chi connectivity index (χ0n) is 13.0. The van der Waals surface area contributed by atoms with Crippen LogP contribution in [0.15, 0.2) is 48.8 Å². The lowest BCUT2D eigenvalue weighted by Gasteiger charge is -2.09. The van der Waals surface area contributed by atoms with Crippen LogP contribution in [-0.4, -0.2) is 32.3 Å². The van der Waals surface area contributed by atoms with Crippen LogP contribution in [0.1, 0.15) is 10.4 Å². The highest BCUT2D eigenvalue weighted by molar-refractivity contribution is 6.04. The van der Waals surface area contributed by atoms with Gasteiger partial charge in [0, 0.05) is 30.6 Å². The maximum absolute atomic E-state index is 12.1. The van der Waals surface area contributed by atoms with Crippen LogP contribution in [0.4, 0.5) is 16.2 Å². The molecule has 2 N–H and O–H groups in total. The van der Waals surface area contributed by atoms with Crippen molar-refractivity contribution in [3.63, 3.8) is 0 Å². The van der Waals surface area contributed by atoms with E-state index in [1.807, 2.05) is 0 Å². The summed E-state index contributed by atoms with van der Waals surface area (Å²) < 4.78 is 10.3. The van der Waals surface area contributed by atoms with Crippen molar-refractivity contribution < 1.29 is 23.8 Å². The number of hydrogen-bond acceptors (Lipinski definition) is 5. The summed E-state index contributed by atoms with van der Waals surface area (Å²) in [6, 6.07) is 9.44. The quantitative estimate of drug-likeness (QED) is 0.477. The molecular weight excluding hydrogens is 314 g/mol. The fraction of sp³-hybridized carbons (Fsp3) is 0.188. The Morgan fingerprint density at radius 2 is 1.75 bits per heavy atom. The summed E-state index contributed by atoms with van der Waals surface area (Å²) in [5.74, 6) is -0.365. The molecule has 1 heterocycles. The van der Waals surface area contributed by atoms with Crippen LogP contribution in [-0.2, 0) is 9.47 Å². The number of methoxy groups -OCH3 is 1. The fourth-order valence-corrected chi connectivity index (χ4v) is 1.81. The Morgan fingerprint density at radius 3 is 2.42 bits per heavy atom. The highest BCUT2D eigenvalue weighted by atomic mass is 16.6. The largest absolute Gasteiger partial charge is 0.619 e. The molecule has 0 radical (unpaired) electrons. The van der Waals surface area contributed by atoms with Crippen molar-refractivity contribution in [2.45, 2.75) is 0 Å². The molecule has 1 aromatic heterocycles. The third kappa shape index (κ3) is 5.25. The van der Waals surface area contributed by atoms with Crippen molar-refractivity contribution in [1.82, 2.24) is 0 Å². The highest BCUT2D eigenvalue weighted by Crippen LogP contribution is 2.16. The summed E-state index contributed by atoms with van der Waals surface area (Å²) in [5, 5.41) is 16.2. The molecule has 2 rings (SSSR count). The van der Waals surface area contributed by atoms with Crippen LogP contribution >= 0.6 is 0 Å². The van der Waals surface area contributed by atoms with Gasteiger partial charge >= 0.3 is 6.09 Å². The van der Waals surface area contributed by atoms with E-state index in [1.54, 1.807) is 24.3 Å². The molecule has 0 saturated heterocycles. The number of carbonyl (C=O) groups is 2. The number of rotatable bonds is 6. The lowest BCUT2D eigenvalue weighted by molar-refractivity contribution is -0.605. The summed E-state index contributed by atoms with van der Waals surface area (Å²) >= 11 is 0. The number of aromatic nitrogens is 1. The molecule has 126 valence electrons. The van der Waals surface area contributed by atoms with E-state index in [1.165, 1.54) is 31.6 Å². The highest BCUT2D eigenvalue weighted by Gasteiger charge is 2.08. The molecule has 0 fully saturated rings. The van der Waals surface area contributed by atoms with Gasteiger partial charge in [-0.1, -0.05) is 6.07 Å². The van der Waals surface area contributed by atoms with E-state index in [0.717, 1.165) is 0 Å². The van der Waals surface area contributed by atoms with Gasteiger partial charge < -0.3 is 20.0 Å². The summed E-state index contributed by atoms with van der Waals surface area (Å²) in [7, 11) is 1.51. The summed E-state index contributed by atoms with van der Waals surface area (Å²) in [6.07, 6.45) is 1.87. The first kappa shape index (κ1) is 17.2. The molecule has 0 aliphatic carbocycles. The van der Waals surface area contributed by atoms with Gasteiger partial charge in [0.15, 0.2) is 12.4 Å².